The molecule has 0 aliphatic rings. The molecule has 6 heteroatoms. The van der Waals surface area contributed by atoms with Crippen LogP contribution in [-0.4, -0.2) is 26.9 Å². The Morgan fingerprint density at radius 2 is 2.23 bits per heavy atom. The van der Waals surface area contributed by atoms with E-state index in [0.717, 1.165) is 0 Å². The summed E-state index contributed by atoms with van der Waals surface area (Å²) in [5.74, 6) is 1.20. The van der Waals surface area contributed by atoms with Crippen molar-refractivity contribution in [2.24, 2.45) is 0 Å². The highest BCUT2D eigenvalue weighted by Crippen LogP contribution is 2.19. The van der Waals surface area contributed by atoms with E-state index in [4.69, 9.17) is 16.3 Å². The Morgan fingerprint density at radius 1 is 1.46 bits per heavy atom. The maximum Gasteiger partial charge on any atom is 0.218 e. The number of methoxy groups -OCH3 is 1. The van der Waals surface area contributed by atoms with Crippen molar-refractivity contribution in [2.75, 3.05) is 7.11 Å². The Hall–Kier alpha value is -1.36. The average Bonchev–Trinajstić information content (AvgIpc) is 2.43. The fourth-order valence-electron chi connectivity index (χ4n) is 1.07. The molecule has 2 aromatic rings. The van der Waals surface area contributed by atoms with Gasteiger partial charge in [0.2, 0.25) is 5.65 Å². The van der Waals surface area contributed by atoms with Gasteiger partial charge in [0.25, 0.3) is 0 Å². The van der Waals surface area contributed by atoms with Crippen LogP contribution in [0.1, 0.15) is 5.82 Å². The molecule has 2 heterocycles. The van der Waals surface area contributed by atoms with E-state index in [-0.39, 0.29) is 0 Å². The molecule has 2 rings (SSSR count). The predicted octanol–water partition coefficient (Wildman–Crippen LogP) is 1.09. The smallest absolute Gasteiger partial charge is 0.218 e. The van der Waals surface area contributed by atoms with Crippen molar-refractivity contribution in [2.45, 2.75) is 6.92 Å². The summed E-state index contributed by atoms with van der Waals surface area (Å²) >= 11 is 5.73. The topological polar surface area (TPSA) is 52.3 Å². The highest BCUT2D eigenvalue weighted by atomic mass is 35.5. The molecule has 0 radical (unpaired) electrons. The lowest BCUT2D eigenvalue weighted by atomic mass is 10.5. The molecule has 0 unspecified atom stereocenters. The number of aryl methyl sites for hydroxylation is 1. The third-order valence-corrected chi connectivity index (χ3v) is 1.76. The molecule has 2 aromatic heterocycles. The molecule has 0 saturated heterocycles. The van der Waals surface area contributed by atoms with Crippen molar-refractivity contribution in [3.63, 3.8) is 0 Å². The molecule has 0 aliphatic heterocycles. The summed E-state index contributed by atoms with van der Waals surface area (Å²) in [7, 11) is 1.55. The molecule has 68 valence electrons. The van der Waals surface area contributed by atoms with Gasteiger partial charge in [0, 0.05) is 6.07 Å². The van der Waals surface area contributed by atoms with Crippen LogP contribution in [0.25, 0.3) is 5.65 Å². The van der Waals surface area contributed by atoms with E-state index >= 15 is 0 Å². The van der Waals surface area contributed by atoms with Gasteiger partial charge in [-0.2, -0.15) is 0 Å². The van der Waals surface area contributed by atoms with Gasteiger partial charge in [0.15, 0.2) is 16.7 Å². The van der Waals surface area contributed by atoms with E-state index in [1.807, 2.05) is 0 Å². The van der Waals surface area contributed by atoms with E-state index in [2.05, 4.69) is 15.2 Å². The first-order valence-corrected chi connectivity index (χ1v) is 4.02. The number of fused-ring (bicyclic) bond motifs is 1. The number of nitrogens with zero attached hydrogens (tertiary/aromatic N) is 4. The van der Waals surface area contributed by atoms with Crippen molar-refractivity contribution < 1.29 is 4.74 Å². The Balaban J connectivity index is 2.80. The zero-order chi connectivity index (χ0) is 9.42. The minimum Gasteiger partial charge on any atom is -0.493 e. The highest BCUT2D eigenvalue weighted by Gasteiger charge is 2.08. The van der Waals surface area contributed by atoms with Crippen molar-refractivity contribution >= 4 is 17.2 Å². The summed E-state index contributed by atoms with van der Waals surface area (Å²) < 4.78 is 6.43. The van der Waals surface area contributed by atoms with Crippen LogP contribution in [0.15, 0.2) is 6.07 Å². The summed E-state index contributed by atoms with van der Waals surface area (Å²) in [6.07, 6.45) is 0. The van der Waals surface area contributed by atoms with Gasteiger partial charge in [-0.1, -0.05) is 11.6 Å². The molecule has 0 spiro atoms. The first-order valence-electron chi connectivity index (χ1n) is 3.65. The molecule has 0 bridgehead atoms. The summed E-state index contributed by atoms with van der Waals surface area (Å²) in [6, 6.07) is 1.60. The van der Waals surface area contributed by atoms with Crippen molar-refractivity contribution in [3.05, 3.63) is 17.0 Å². The van der Waals surface area contributed by atoms with E-state index in [1.54, 1.807) is 20.1 Å². The van der Waals surface area contributed by atoms with Gasteiger partial charge in [0.05, 0.1) is 7.11 Å². The van der Waals surface area contributed by atoms with Crippen molar-refractivity contribution in [1.82, 2.24) is 19.8 Å². The minimum atomic E-state index is 0.328. The zero-order valence-electron chi connectivity index (χ0n) is 7.15. The summed E-state index contributed by atoms with van der Waals surface area (Å²) in [5, 5.41) is 8.27. The molecule has 13 heavy (non-hydrogen) atoms. The van der Waals surface area contributed by atoms with Crippen LogP contribution in [0, 0.1) is 6.92 Å². The van der Waals surface area contributed by atoms with Gasteiger partial charge in [-0.05, 0) is 6.92 Å². The van der Waals surface area contributed by atoms with E-state index in [1.165, 1.54) is 4.63 Å². The second-order valence-corrected chi connectivity index (χ2v) is 2.89. The summed E-state index contributed by atoms with van der Waals surface area (Å²) in [4.78, 5) is 4.13. The summed E-state index contributed by atoms with van der Waals surface area (Å²) in [6.45, 7) is 1.78. The Morgan fingerprint density at radius 3 is 2.92 bits per heavy atom. The predicted molar refractivity (Wildman–Crippen MR) is 47.1 cm³/mol. The monoisotopic (exact) mass is 198 g/mol. The largest absolute Gasteiger partial charge is 0.493 e. The maximum absolute atomic E-state index is 5.73. The molecule has 0 aromatic carbocycles. The van der Waals surface area contributed by atoms with Gasteiger partial charge >= 0.3 is 0 Å². The quantitative estimate of drug-likeness (QED) is 0.689. The lowest BCUT2D eigenvalue weighted by molar-refractivity contribution is 0.415. The van der Waals surface area contributed by atoms with Gasteiger partial charge in [0.1, 0.15) is 0 Å². The Bertz CT molecular complexity index is 453. The fourth-order valence-corrected chi connectivity index (χ4v) is 1.24. The van der Waals surface area contributed by atoms with Crippen LogP contribution in [0.3, 0.4) is 0 Å². The second-order valence-electron chi connectivity index (χ2n) is 2.51. The van der Waals surface area contributed by atoms with Gasteiger partial charge in [-0.15, -0.1) is 14.8 Å². The average molecular weight is 199 g/mol. The van der Waals surface area contributed by atoms with Gasteiger partial charge in [-0.3, -0.25) is 0 Å². The molecule has 0 amide bonds. The minimum absolute atomic E-state index is 0.328. The first-order chi connectivity index (χ1) is 6.20. The molecule has 0 saturated carbocycles. The molecule has 0 fully saturated rings. The highest BCUT2D eigenvalue weighted by molar-refractivity contribution is 6.29. The molecule has 5 nitrogen and oxygen atoms in total. The number of halogens is 1. The number of hydrogen-bond donors (Lipinski definition) is 0. The molecular formula is C7H7ClN4O. The van der Waals surface area contributed by atoms with Crippen molar-refractivity contribution in [3.8, 4) is 5.75 Å². The standard InChI is InChI=1S/C7H7ClN4O/c1-4-9-7-5(13-2)3-6(8)11-12(7)10-4/h3H,1-2H3. The molecule has 0 N–H and O–H groups in total. The molecular weight excluding hydrogens is 192 g/mol. The number of rotatable bonds is 1. The molecule has 0 aliphatic carbocycles. The Labute approximate surface area is 79.3 Å². The first kappa shape index (κ1) is 8.25. The van der Waals surface area contributed by atoms with E-state index in [9.17, 15) is 0 Å². The third kappa shape index (κ3) is 1.31. The lowest BCUT2D eigenvalue weighted by Gasteiger charge is -1.99. The van der Waals surface area contributed by atoms with Crippen LogP contribution in [-0.2, 0) is 0 Å². The van der Waals surface area contributed by atoms with Crippen LogP contribution in [0.5, 0.6) is 5.75 Å². The SMILES string of the molecule is COc1cc(Cl)nn2nc(C)nc12. The van der Waals surface area contributed by atoms with Crippen LogP contribution >= 0.6 is 11.6 Å². The van der Waals surface area contributed by atoms with Crippen LogP contribution < -0.4 is 4.74 Å². The maximum atomic E-state index is 5.73. The second kappa shape index (κ2) is 2.85. The molecule has 0 atom stereocenters. The van der Waals surface area contributed by atoms with Crippen LogP contribution in [0.2, 0.25) is 5.15 Å². The van der Waals surface area contributed by atoms with E-state index < -0.39 is 0 Å². The summed E-state index contributed by atoms with van der Waals surface area (Å²) in [5.41, 5.74) is 0.574. The van der Waals surface area contributed by atoms with Crippen LogP contribution in [0.4, 0.5) is 0 Å². The zero-order valence-corrected chi connectivity index (χ0v) is 7.91. The normalized spacial score (nSPS) is 10.7. The van der Waals surface area contributed by atoms with E-state index in [0.29, 0.717) is 22.4 Å². The van der Waals surface area contributed by atoms with Gasteiger partial charge < -0.3 is 4.74 Å². The van der Waals surface area contributed by atoms with Crippen molar-refractivity contribution in [1.29, 1.82) is 0 Å². The third-order valence-electron chi connectivity index (χ3n) is 1.58. The van der Waals surface area contributed by atoms with Gasteiger partial charge in [-0.25, -0.2) is 4.98 Å². The number of hydrogen-bond acceptors (Lipinski definition) is 4. The number of ether oxygens (including phenoxy) is 1. The fraction of sp³-hybridized carbons (Fsp3) is 0.286. The lowest BCUT2D eigenvalue weighted by Crippen LogP contribution is -1.97. The Kier molecular flexibility index (Phi) is 1.81. The number of aromatic nitrogens is 4.